The molecule has 0 saturated heterocycles. The Morgan fingerprint density at radius 1 is 1.04 bits per heavy atom. The molecule has 5 heteroatoms. The van der Waals surface area contributed by atoms with Crippen LogP contribution in [-0.2, 0) is 12.6 Å². The first-order chi connectivity index (χ1) is 11.7. The van der Waals surface area contributed by atoms with Crippen molar-refractivity contribution in [2.75, 3.05) is 13.6 Å². The molecule has 0 fully saturated rings. The lowest BCUT2D eigenvalue weighted by Gasteiger charge is -2.12. The van der Waals surface area contributed by atoms with E-state index in [1.54, 1.807) is 18.5 Å². The van der Waals surface area contributed by atoms with Crippen molar-refractivity contribution >= 4 is 12.0 Å². The number of aryl methyl sites for hydroxylation is 2. The van der Waals surface area contributed by atoms with E-state index in [1.807, 2.05) is 31.9 Å². The summed E-state index contributed by atoms with van der Waals surface area (Å²) in [5.74, 6) is 0. The standard InChI is InChI=1S/C20H23F3N2/c1-5-25(4)13-24-19-11-14(2)17(10-15(19)3)12-16-6-8-18(9-7-16)20(21,22)23/h6-11,13H,5,12H2,1-4H3. The van der Waals surface area contributed by atoms with E-state index in [1.165, 1.54) is 0 Å². The summed E-state index contributed by atoms with van der Waals surface area (Å²) in [6.07, 6.45) is -1.89. The Kier molecular flexibility index (Phi) is 5.88. The average Bonchev–Trinajstić information content (AvgIpc) is 2.56. The van der Waals surface area contributed by atoms with Crippen molar-refractivity contribution in [2.24, 2.45) is 4.99 Å². The molecule has 2 rings (SSSR count). The Morgan fingerprint density at radius 2 is 1.68 bits per heavy atom. The van der Waals surface area contributed by atoms with Crippen LogP contribution in [0, 0.1) is 13.8 Å². The molecule has 0 spiro atoms. The van der Waals surface area contributed by atoms with Gasteiger partial charge in [-0.05, 0) is 67.6 Å². The molecule has 0 amide bonds. The number of nitrogens with zero attached hydrogens (tertiary/aromatic N) is 2. The molecule has 2 aromatic carbocycles. The number of aliphatic imine (C=N–C) groups is 1. The molecule has 0 aliphatic carbocycles. The van der Waals surface area contributed by atoms with Gasteiger partial charge < -0.3 is 4.90 Å². The van der Waals surface area contributed by atoms with Crippen molar-refractivity contribution in [3.05, 3.63) is 64.2 Å². The fourth-order valence-corrected chi connectivity index (χ4v) is 2.46. The third-order valence-electron chi connectivity index (χ3n) is 4.22. The predicted octanol–water partition coefficient (Wildman–Crippen LogP) is 5.52. The van der Waals surface area contributed by atoms with Gasteiger partial charge in [0.1, 0.15) is 0 Å². The first-order valence-electron chi connectivity index (χ1n) is 8.21. The summed E-state index contributed by atoms with van der Waals surface area (Å²) in [7, 11) is 1.96. The maximum Gasteiger partial charge on any atom is 0.416 e. The number of benzene rings is 2. The van der Waals surface area contributed by atoms with Gasteiger partial charge in [-0.25, -0.2) is 4.99 Å². The molecule has 134 valence electrons. The number of alkyl halides is 3. The van der Waals surface area contributed by atoms with Crippen molar-refractivity contribution in [1.82, 2.24) is 4.90 Å². The minimum atomic E-state index is -4.30. The molecule has 0 aromatic heterocycles. The molecule has 0 bridgehead atoms. The van der Waals surface area contributed by atoms with Crippen LogP contribution in [0.15, 0.2) is 41.4 Å². The molecule has 0 unspecified atom stereocenters. The maximum absolute atomic E-state index is 12.6. The van der Waals surface area contributed by atoms with E-state index >= 15 is 0 Å². The van der Waals surface area contributed by atoms with Gasteiger partial charge in [0.15, 0.2) is 0 Å². The van der Waals surface area contributed by atoms with Gasteiger partial charge in [0.25, 0.3) is 0 Å². The molecule has 0 aliphatic rings. The lowest BCUT2D eigenvalue weighted by molar-refractivity contribution is -0.137. The molecule has 0 saturated carbocycles. The van der Waals surface area contributed by atoms with Crippen LogP contribution in [0.25, 0.3) is 0 Å². The molecule has 0 aliphatic heterocycles. The Morgan fingerprint density at radius 3 is 2.24 bits per heavy atom. The largest absolute Gasteiger partial charge is 0.416 e. The average molecular weight is 348 g/mol. The van der Waals surface area contributed by atoms with Crippen LogP contribution in [-0.4, -0.2) is 24.8 Å². The van der Waals surface area contributed by atoms with E-state index in [0.29, 0.717) is 6.42 Å². The normalized spacial score (nSPS) is 12.0. The Bertz CT molecular complexity index is 747. The van der Waals surface area contributed by atoms with Crippen LogP contribution in [0.4, 0.5) is 18.9 Å². The summed E-state index contributed by atoms with van der Waals surface area (Å²) >= 11 is 0. The predicted molar refractivity (Wildman–Crippen MR) is 96.6 cm³/mol. The highest BCUT2D eigenvalue weighted by molar-refractivity contribution is 5.64. The van der Waals surface area contributed by atoms with Crippen molar-refractivity contribution < 1.29 is 13.2 Å². The van der Waals surface area contributed by atoms with E-state index in [-0.39, 0.29) is 0 Å². The zero-order valence-electron chi connectivity index (χ0n) is 15.0. The third-order valence-corrected chi connectivity index (χ3v) is 4.22. The van der Waals surface area contributed by atoms with Crippen LogP contribution in [0.2, 0.25) is 0 Å². The van der Waals surface area contributed by atoms with Gasteiger partial charge >= 0.3 is 6.18 Å². The maximum atomic E-state index is 12.6. The molecular weight excluding hydrogens is 325 g/mol. The minimum absolute atomic E-state index is 0.601. The van der Waals surface area contributed by atoms with Gasteiger partial charge in [-0.2, -0.15) is 13.2 Å². The first kappa shape index (κ1) is 19.0. The summed E-state index contributed by atoms with van der Waals surface area (Å²) in [5, 5.41) is 0. The smallest absolute Gasteiger partial charge is 0.366 e. The van der Waals surface area contributed by atoms with Gasteiger partial charge in [0.05, 0.1) is 17.6 Å². The Balaban J connectivity index is 2.20. The van der Waals surface area contributed by atoms with Crippen LogP contribution in [0.5, 0.6) is 0 Å². The second-order valence-electron chi connectivity index (χ2n) is 6.25. The van der Waals surface area contributed by atoms with Gasteiger partial charge in [0, 0.05) is 13.6 Å². The third kappa shape index (κ3) is 5.08. The molecule has 25 heavy (non-hydrogen) atoms. The van der Waals surface area contributed by atoms with E-state index in [4.69, 9.17) is 0 Å². The van der Waals surface area contributed by atoms with Crippen LogP contribution in [0.1, 0.15) is 34.7 Å². The lowest BCUT2D eigenvalue weighted by Crippen LogP contribution is -2.14. The zero-order valence-corrected chi connectivity index (χ0v) is 15.0. The fraction of sp³-hybridized carbons (Fsp3) is 0.350. The highest BCUT2D eigenvalue weighted by atomic mass is 19.4. The molecule has 0 heterocycles. The van der Waals surface area contributed by atoms with Crippen molar-refractivity contribution in [1.29, 1.82) is 0 Å². The van der Waals surface area contributed by atoms with Crippen LogP contribution in [0.3, 0.4) is 0 Å². The first-order valence-corrected chi connectivity index (χ1v) is 8.21. The van der Waals surface area contributed by atoms with E-state index in [0.717, 1.165) is 46.6 Å². The number of hydrogen-bond acceptors (Lipinski definition) is 1. The molecule has 2 aromatic rings. The second kappa shape index (κ2) is 7.72. The van der Waals surface area contributed by atoms with Gasteiger partial charge in [-0.3, -0.25) is 0 Å². The fourth-order valence-electron chi connectivity index (χ4n) is 2.46. The zero-order chi connectivity index (χ0) is 18.6. The van der Waals surface area contributed by atoms with Crippen LogP contribution < -0.4 is 0 Å². The van der Waals surface area contributed by atoms with Gasteiger partial charge in [-0.1, -0.05) is 18.2 Å². The summed E-state index contributed by atoms with van der Waals surface area (Å²) in [5.41, 5.74) is 4.38. The van der Waals surface area contributed by atoms with E-state index in [2.05, 4.69) is 18.0 Å². The lowest BCUT2D eigenvalue weighted by atomic mass is 9.97. The Hall–Kier alpha value is -2.30. The summed E-state index contributed by atoms with van der Waals surface area (Å²) < 4.78 is 37.9. The molecule has 0 N–H and O–H groups in total. The number of rotatable bonds is 5. The van der Waals surface area contributed by atoms with Gasteiger partial charge in [-0.15, -0.1) is 0 Å². The van der Waals surface area contributed by atoms with E-state index in [9.17, 15) is 13.2 Å². The van der Waals surface area contributed by atoms with Crippen LogP contribution >= 0.6 is 0 Å². The number of hydrogen-bond donors (Lipinski definition) is 0. The molecule has 2 nitrogen and oxygen atoms in total. The summed E-state index contributed by atoms with van der Waals surface area (Å²) in [4.78, 5) is 6.49. The quantitative estimate of drug-likeness (QED) is 0.513. The summed E-state index contributed by atoms with van der Waals surface area (Å²) in [6.45, 7) is 6.93. The number of halogens is 3. The van der Waals surface area contributed by atoms with Crippen molar-refractivity contribution in [3.8, 4) is 0 Å². The van der Waals surface area contributed by atoms with Crippen molar-refractivity contribution in [2.45, 2.75) is 33.4 Å². The minimum Gasteiger partial charge on any atom is -0.366 e. The topological polar surface area (TPSA) is 15.6 Å². The molecule has 0 atom stereocenters. The monoisotopic (exact) mass is 348 g/mol. The van der Waals surface area contributed by atoms with Gasteiger partial charge in [0.2, 0.25) is 0 Å². The molecule has 0 radical (unpaired) electrons. The van der Waals surface area contributed by atoms with Crippen molar-refractivity contribution in [3.63, 3.8) is 0 Å². The second-order valence-corrected chi connectivity index (χ2v) is 6.25. The highest BCUT2D eigenvalue weighted by Gasteiger charge is 2.29. The highest BCUT2D eigenvalue weighted by Crippen LogP contribution is 2.30. The van der Waals surface area contributed by atoms with E-state index < -0.39 is 11.7 Å². The summed E-state index contributed by atoms with van der Waals surface area (Å²) in [6, 6.07) is 9.44. The Labute approximate surface area is 147 Å². The molecular formula is C20H23F3N2. The SMILES string of the molecule is CCN(C)C=Nc1cc(C)c(Cc2ccc(C(F)(F)F)cc2)cc1C.